The van der Waals surface area contributed by atoms with Crippen LogP contribution in [0.15, 0.2) is 18.2 Å². The van der Waals surface area contributed by atoms with Crippen molar-refractivity contribution in [2.75, 3.05) is 13.1 Å². The second-order valence-corrected chi connectivity index (χ2v) is 4.95. The molecule has 1 amide bonds. The van der Waals surface area contributed by atoms with Gasteiger partial charge in [0.15, 0.2) is 0 Å². The van der Waals surface area contributed by atoms with Crippen molar-refractivity contribution in [2.24, 2.45) is 0 Å². The number of amides is 1. The van der Waals surface area contributed by atoms with Gasteiger partial charge in [-0.05, 0) is 48.9 Å². The van der Waals surface area contributed by atoms with Gasteiger partial charge in [-0.1, -0.05) is 12.0 Å². The van der Waals surface area contributed by atoms with Crippen LogP contribution in [-0.2, 0) is 17.6 Å². The molecule has 104 valence electrons. The fourth-order valence-corrected chi connectivity index (χ4v) is 2.52. The van der Waals surface area contributed by atoms with Crippen molar-refractivity contribution in [3.05, 3.63) is 34.9 Å². The maximum atomic E-state index is 12.3. The average Bonchev–Trinajstić information content (AvgIpc) is 2.45. The van der Waals surface area contributed by atoms with Gasteiger partial charge in [-0.25, -0.2) is 0 Å². The molecule has 1 N–H and O–H groups in total. The molecule has 0 aromatic heterocycles. The van der Waals surface area contributed by atoms with Crippen LogP contribution in [0.3, 0.4) is 0 Å². The summed E-state index contributed by atoms with van der Waals surface area (Å²) in [6.07, 6.45) is 9.54. The van der Waals surface area contributed by atoms with Crippen LogP contribution < -0.4 is 0 Å². The zero-order valence-corrected chi connectivity index (χ0v) is 11.3. The molecule has 0 fully saturated rings. The number of rotatable bonds is 4. The standard InChI is InChI=1S/C16H17NO3/c1-2-9-17(11-15(18)19)16(20)14-8-7-12-5-3-4-6-13(12)10-14/h1,7-8,10H,3-6,9,11H2,(H,18,19). The summed E-state index contributed by atoms with van der Waals surface area (Å²) in [6.45, 7) is -0.373. The summed E-state index contributed by atoms with van der Waals surface area (Å²) in [5.74, 6) is 0.944. The lowest BCUT2D eigenvalue weighted by Crippen LogP contribution is -2.36. The summed E-state index contributed by atoms with van der Waals surface area (Å²) in [6, 6.07) is 5.61. The molecule has 1 aliphatic rings. The Balaban J connectivity index is 2.22. The Morgan fingerprint density at radius 3 is 2.60 bits per heavy atom. The fraction of sp³-hybridized carbons (Fsp3) is 0.375. The molecule has 1 aliphatic carbocycles. The molecule has 0 saturated heterocycles. The highest BCUT2D eigenvalue weighted by molar-refractivity contribution is 5.96. The number of carboxylic acids is 1. The molecule has 4 heteroatoms. The lowest BCUT2D eigenvalue weighted by Gasteiger charge is -2.20. The summed E-state index contributed by atoms with van der Waals surface area (Å²) < 4.78 is 0. The molecule has 0 bridgehead atoms. The number of benzene rings is 1. The number of hydrogen-bond acceptors (Lipinski definition) is 2. The van der Waals surface area contributed by atoms with Gasteiger partial charge < -0.3 is 10.0 Å². The predicted octanol–water partition coefficient (Wildman–Crippen LogP) is 1.73. The summed E-state index contributed by atoms with van der Waals surface area (Å²) in [5.41, 5.74) is 3.00. The number of terminal acetylenes is 1. The smallest absolute Gasteiger partial charge is 0.323 e. The van der Waals surface area contributed by atoms with E-state index in [0.29, 0.717) is 5.56 Å². The molecule has 0 heterocycles. The van der Waals surface area contributed by atoms with E-state index in [-0.39, 0.29) is 19.0 Å². The molecule has 4 nitrogen and oxygen atoms in total. The monoisotopic (exact) mass is 271 g/mol. The fourth-order valence-electron chi connectivity index (χ4n) is 2.52. The van der Waals surface area contributed by atoms with Crippen LogP contribution in [0, 0.1) is 12.3 Å². The number of carbonyl (C=O) groups is 2. The number of carboxylic acid groups (broad SMARTS) is 1. The molecule has 20 heavy (non-hydrogen) atoms. The van der Waals surface area contributed by atoms with Gasteiger partial charge in [0, 0.05) is 5.56 Å². The first-order valence-corrected chi connectivity index (χ1v) is 6.68. The number of aliphatic carboxylic acids is 1. The van der Waals surface area contributed by atoms with Crippen LogP contribution in [0.4, 0.5) is 0 Å². The summed E-state index contributed by atoms with van der Waals surface area (Å²) >= 11 is 0. The van der Waals surface area contributed by atoms with Gasteiger partial charge in [-0.2, -0.15) is 0 Å². The molecule has 0 spiro atoms. The SMILES string of the molecule is C#CCN(CC(=O)O)C(=O)c1ccc2c(c1)CCCC2. The topological polar surface area (TPSA) is 57.6 Å². The van der Waals surface area contributed by atoms with E-state index in [0.717, 1.165) is 19.3 Å². The second kappa shape index (κ2) is 6.25. The highest BCUT2D eigenvalue weighted by Crippen LogP contribution is 2.22. The van der Waals surface area contributed by atoms with Gasteiger partial charge in [0.05, 0.1) is 6.54 Å². The van der Waals surface area contributed by atoms with Crippen LogP contribution >= 0.6 is 0 Å². The maximum absolute atomic E-state index is 12.3. The minimum atomic E-state index is -1.06. The third-order valence-electron chi connectivity index (χ3n) is 3.49. The van der Waals surface area contributed by atoms with E-state index in [4.69, 9.17) is 11.5 Å². The molecular formula is C16H17NO3. The second-order valence-electron chi connectivity index (χ2n) is 4.95. The van der Waals surface area contributed by atoms with E-state index in [1.54, 1.807) is 6.07 Å². The first-order chi connectivity index (χ1) is 9.61. The van der Waals surface area contributed by atoms with Gasteiger partial charge in [0.2, 0.25) is 0 Å². The Morgan fingerprint density at radius 1 is 1.25 bits per heavy atom. The molecule has 1 aromatic rings. The van der Waals surface area contributed by atoms with Crippen LogP contribution in [0.2, 0.25) is 0 Å². The number of nitrogens with zero attached hydrogens (tertiary/aromatic N) is 1. The van der Waals surface area contributed by atoms with Crippen molar-refractivity contribution >= 4 is 11.9 Å². The van der Waals surface area contributed by atoms with Gasteiger partial charge in [0.1, 0.15) is 6.54 Å². The van der Waals surface area contributed by atoms with Crippen molar-refractivity contribution in [1.82, 2.24) is 4.90 Å². The minimum absolute atomic E-state index is 0.00220. The zero-order valence-electron chi connectivity index (χ0n) is 11.3. The molecule has 0 saturated carbocycles. The lowest BCUT2D eigenvalue weighted by molar-refractivity contribution is -0.137. The third kappa shape index (κ3) is 3.18. The van der Waals surface area contributed by atoms with E-state index in [2.05, 4.69) is 5.92 Å². The van der Waals surface area contributed by atoms with E-state index >= 15 is 0 Å². The van der Waals surface area contributed by atoms with Crippen LogP contribution in [0.1, 0.15) is 34.3 Å². The van der Waals surface area contributed by atoms with Gasteiger partial charge in [-0.15, -0.1) is 6.42 Å². The molecule has 2 rings (SSSR count). The van der Waals surface area contributed by atoms with Gasteiger partial charge in [0.25, 0.3) is 5.91 Å². The Kier molecular flexibility index (Phi) is 4.41. The van der Waals surface area contributed by atoms with E-state index < -0.39 is 5.97 Å². The molecular weight excluding hydrogens is 254 g/mol. The van der Waals surface area contributed by atoms with Crippen molar-refractivity contribution < 1.29 is 14.7 Å². The third-order valence-corrected chi connectivity index (χ3v) is 3.49. The van der Waals surface area contributed by atoms with Crippen molar-refractivity contribution in [1.29, 1.82) is 0 Å². The molecule has 0 radical (unpaired) electrons. The van der Waals surface area contributed by atoms with Gasteiger partial charge >= 0.3 is 5.97 Å². The Hall–Kier alpha value is -2.28. The van der Waals surface area contributed by atoms with E-state index in [1.807, 2.05) is 12.1 Å². The normalized spacial score (nSPS) is 13.2. The van der Waals surface area contributed by atoms with Crippen molar-refractivity contribution in [2.45, 2.75) is 25.7 Å². The zero-order chi connectivity index (χ0) is 14.5. The first kappa shape index (κ1) is 14.1. The highest BCUT2D eigenvalue weighted by Gasteiger charge is 2.19. The molecule has 1 aromatic carbocycles. The number of hydrogen-bond donors (Lipinski definition) is 1. The van der Waals surface area contributed by atoms with Crippen LogP contribution in [0.25, 0.3) is 0 Å². The molecule has 0 aliphatic heterocycles. The number of carbonyl (C=O) groups excluding carboxylic acids is 1. The highest BCUT2D eigenvalue weighted by atomic mass is 16.4. The van der Waals surface area contributed by atoms with E-state index in [9.17, 15) is 9.59 Å². The van der Waals surface area contributed by atoms with Crippen LogP contribution in [-0.4, -0.2) is 35.0 Å². The molecule has 0 unspecified atom stereocenters. The predicted molar refractivity (Wildman–Crippen MR) is 75.5 cm³/mol. The largest absolute Gasteiger partial charge is 0.480 e. The Bertz CT molecular complexity index is 572. The van der Waals surface area contributed by atoms with Crippen molar-refractivity contribution in [3.8, 4) is 12.3 Å². The first-order valence-electron chi connectivity index (χ1n) is 6.68. The average molecular weight is 271 g/mol. The Labute approximate surface area is 118 Å². The quantitative estimate of drug-likeness (QED) is 0.848. The van der Waals surface area contributed by atoms with Crippen LogP contribution in [0.5, 0.6) is 0 Å². The lowest BCUT2D eigenvalue weighted by atomic mass is 9.90. The van der Waals surface area contributed by atoms with Crippen molar-refractivity contribution in [3.63, 3.8) is 0 Å². The Morgan fingerprint density at radius 2 is 1.95 bits per heavy atom. The minimum Gasteiger partial charge on any atom is -0.480 e. The van der Waals surface area contributed by atoms with Gasteiger partial charge in [-0.3, -0.25) is 9.59 Å². The summed E-state index contributed by atoms with van der Waals surface area (Å²) in [5, 5.41) is 8.84. The van der Waals surface area contributed by atoms with E-state index in [1.165, 1.54) is 22.4 Å². The number of fused-ring (bicyclic) bond motifs is 1. The number of aryl methyl sites for hydroxylation is 2. The summed E-state index contributed by atoms with van der Waals surface area (Å²) in [7, 11) is 0. The maximum Gasteiger partial charge on any atom is 0.323 e. The summed E-state index contributed by atoms with van der Waals surface area (Å²) in [4.78, 5) is 24.3. The molecule has 0 atom stereocenters.